The number of imide groups is 1. The predicted octanol–water partition coefficient (Wildman–Crippen LogP) is 5.24. The van der Waals surface area contributed by atoms with Crippen LogP contribution in [0, 0.1) is 0 Å². The fourth-order valence-corrected chi connectivity index (χ4v) is 3.62. The molecule has 0 unspecified atom stereocenters. The second-order valence-electron chi connectivity index (χ2n) is 7.19. The van der Waals surface area contributed by atoms with Crippen LogP contribution in [-0.2, 0) is 4.74 Å². The predicted molar refractivity (Wildman–Crippen MR) is 119 cm³/mol. The number of benzene rings is 2. The molecule has 0 saturated heterocycles. The third kappa shape index (κ3) is 5.27. The summed E-state index contributed by atoms with van der Waals surface area (Å²) in [6, 6.07) is 11.8. The lowest BCUT2D eigenvalue weighted by Gasteiger charge is -2.15. The molecule has 1 aliphatic rings. The van der Waals surface area contributed by atoms with Crippen molar-refractivity contribution in [2.45, 2.75) is 39.0 Å². The third-order valence-electron chi connectivity index (χ3n) is 4.98. The Morgan fingerprint density at radius 1 is 0.967 bits per heavy atom. The van der Waals surface area contributed by atoms with Gasteiger partial charge in [-0.05, 0) is 48.9 Å². The van der Waals surface area contributed by atoms with Crippen molar-refractivity contribution in [3.05, 3.63) is 63.6 Å². The van der Waals surface area contributed by atoms with Gasteiger partial charge in [0.2, 0.25) is 0 Å². The lowest BCUT2D eigenvalue weighted by atomic mass is 10.1. The van der Waals surface area contributed by atoms with E-state index >= 15 is 0 Å². The first kappa shape index (κ1) is 22.0. The summed E-state index contributed by atoms with van der Waals surface area (Å²) < 4.78 is 6.05. The molecule has 1 heterocycles. The van der Waals surface area contributed by atoms with Crippen molar-refractivity contribution in [3.63, 3.8) is 0 Å². The molecule has 0 aromatic heterocycles. The zero-order chi connectivity index (χ0) is 21.5. The standard InChI is InChI=1S/C23H25BrN2O4/c1-2-3-4-5-6-13-30-23(29)16-7-10-18(11-8-16)25-15-26-21(27)19-12-9-17(24)14-20(19)22(26)28/h7-12,14,25H,2-6,13,15H2,1H3. The molecule has 0 aliphatic carbocycles. The molecule has 0 saturated carbocycles. The second-order valence-corrected chi connectivity index (χ2v) is 8.11. The zero-order valence-corrected chi connectivity index (χ0v) is 18.5. The number of nitrogens with one attached hydrogen (secondary N) is 1. The number of hydrogen-bond acceptors (Lipinski definition) is 5. The summed E-state index contributed by atoms with van der Waals surface area (Å²) in [5.74, 6) is -1.000. The van der Waals surface area contributed by atoms with Crippen LogP contribution in [0.3, 0.4) is 0 Å². The minimum Gasteiger partial charge on any atom is -0.462 e. The van der Waals surface area contributed by atoms with Gasteiger partial charge in [0.25, 0.3) is 11.8 Å². The summed E-state index contributed by atoms with van der Waals surface area (Å²) >= 11 is 3.32. The normalized spacial score (nSPS) is 12.8. The molecule has 2 amide bonds. The van der Waals surface area contributed by atoms with E-state index in [1.54, 1.807) is 42.5 Å². The van der Waals surface area contributed by atoms with Gasteiger partial charge >= 0.3 is 5.97 Å². The summed E-state index contributed by atoms with van der Waals surface area (Å²) in [6.07, 6.45) is 5.51. The number of hydrogen-bond donors (Lipinski definition) is 1. The number of esters is 1. The molecule has 0 fully saturated rings. The fourth-order valence-electron chi connectivity index (χ4n) is 3.25. The summed E-state index contributed by atoms with van der Waals surface area (Å²) in [4.78, 5) is 38.2. The topological polar surface area (TPSA) is 75.7 Å². The lowest BCUT2D eigenvalue weighted by molar-refractivity contribution is 0.0497. The summed E-state index contributed by atoms with van der Waals surface area (Å²) in [6.45, 7) is 2.64. The molecule has 0 radical (unpaired) electrons. The van der Waals surface area contributed by atoms with Gasteiger partial charge in [0.1, 0.15) is 0 Å². The van der Waals surface area contributed by atoms with Gasteiger partial charge < -0.3 is 10.1 Å². The van der Waals surface area contributed by atoms with Crippen LogP contribution in [0.25, 0.3) is 0 Å². The van der Waals surface area contributed by atoms with Gasteiger partial charge in [0, 0.05) is 10.2 Å². The number of carbonyl (C=O) groups is 3. The maximum Gasteiger partial charge on any atom is 0.338 e. The number of carbonyl (C=O) groups excluding carboxylic acids is 3. The van der Waals surface area contributed by atoms with E-state index < -0.39 is 0 Å². The third-order valence-corrected chi connectivity index (χ3v) is 5.47. The van der Waals surface area contributed by atoms with Crippen molar-refractivity contribution in [3.8, 4) is 0 Å². The number of halogens is 1. The number of ether oxygens (including phenoxy) is 1. The number of nitrogens with zero attached hydrogens (tertiary/aromatic N) is 1. The van der Waals surface area contributed by atoms with Crippen molar-refractivity contribution in [1.82, 2.24) is 4.90 Å². The van der Waals surface area contributed by atoms with Gasteiger partial charge in [-0.15, -0.1) is 0 Å². The van der Waals surface area contributed by atoms with E-state index in [1.165, 1.54) is 19.3 Å². The molecular weight excluding hydrogens is 448 g/mol. The smallest absolute Gasteiger partial charge is 0.338 e. The van der Waals surface area contributed by atoms with Gasteiger partial charge in [-0.1, -0.05) is 48.5 Å². The molecular formula is C23H25BrN2O4. The number of rotatable bonds is 10. The molecule has 1 aliphatic heterocycles. The Morgan fingerprint density at radius 2 is 1.67 bits per heavy atom. The fraction of sp³-hybridized carbons (Fsp3) is 0.348. The van der Waals surface area contributed by atoms with Crippen molar-refractivity contribution in [2.24, 2.45) is 0 Å². The van der Waals surface area contributed by atoms with Crippen molar-refractivity contribution < 1.29 is 19.1 Å². The summed E-state index contributed by atoms with van der Waals surface area (Å²) in [5.41, 5.74) is 1.96. The minimum atomic E-state index is -0.344. The Labute approximate surface area is 184 Å². The lowest BCUT2D eigenvalue weighted by Crippen LogP contribution is -2.34. The van der Waals surface area contributed by atoms with Crippen molar-refractivity contribution >= 4 is 39.4 Å². The van der Waals surface area contributed by atoms with Crippen LogP contribution in [0.4, 0.5) is 5.69 Å². The Morgan fingerprint density at radius 3 is 2.40 bits per heavy atom. The van der Waals surface area contributed by atoms with Crippen LogP contribution >= 0.6 is 15.9 Å². The van der Waals surface area contributed by atoms with E-state index in [2.05, 4.69) is 28.2 Å². The van der Waals surface area contributed by atoms with E-state index in [4.69, 9.17) is 4.74 Å². The minimum absolute atomic E-state index is 0.0471. The largest absolute Gasteiger partial charge is 0.462 e. The Kier molecular flexibility index (Phi) is 7.63. The molecule has 2 aromatic rings. The quantitative estimate of drug-likeness (QED) is 0.290. The molecule has 3 rings (SSSR count). The maximum absolute atomic E-state index is 12.5. The van der Waals surface area contributed by atoms with E-state index in [0.717, 1.165) is 22.2 Å². The molecule has 7 heteroatoms. The Hall–Kier alpha value is -2.67. The second kappa shape index (κ2) is 10.4. The molecule has 0 atom stereocenters. The average Bonchev–Trinajstić information content (AvgIpc) is 2.98. The Bertz CT molecular complexity index is 927. The number of anilines is 1. The first-order valence-corrected chi connectivity index (χ1v) is 11.0. The maximum atomic E-state index is 12.5. The highest BCUT2D eigenvalue weighted by molar-refractivity contribution is 9.10. The number of fused-ring (bicyclic) bond motifs is 1. The zero-order valence-electron chi connectivity index (χ0n) is 16.9. The van der Waals surface area contributed by atoms with E-state index in [0.29, 0.717) is 29.0 Å². The van der Waals surface area contributed by atoms with Crippen LogP contribution in [0.1, 0.15) is 70.1 Å². The molecule has 0 spiro atoms. The van der Waals surface area contributed by atoms with Gasteiger partial charge in [-0.25, -0.2) is 4.79 Å². The van der Waals surface area contributed by atoms with Crippen LogP contribution < -0.4 is 5.32 Å². The van der Waals surface area contributed by atoms with Crippen LogP contribution in [-0.4, -0.2) is 36.0 Å². The average molecular weight is 473 g/mol. The molecule has 30 heavy (non-hydrogen) atoms. The first-order valence-electron chi connectivity index (χ1n) is 10.2. The monoisotopic (exact) mass is 472 g/mol. The molecule has 1 N–H and O–H groups in total. The van der Waals surface area contributed by atoms with Gasteiger partial charge in [0.15, 0.2) is 0 Å². The van der Waals surface area contributed by atoms with E-state index in [1.807, 2.05) is 0 Å². The van der Waals surface area contributed by atoms with Crippen LogP contribution in [0.15, 0.2) is 46.9 Å². The first-order chi connectivity index (χ1) is 14.5. The van der Waals surface area contributed by atoms with E-state index in [-0.39, 0.29) is 24.5 Å². The van der Waals surface area contributed by atoms with Gasteiger partial charge in [0.05, 0.1) is 30.0 Å². The Balaban J connectivity index is 1.49. The summed E-state index contributed by atoms with van der Waals surface area (Å²) in [5, 5.41) is 3.06. The van der Waals surface area contributed by atoms with Crippen molar-refractivity contribution in [2.75, 3.05) is 18.6 Å². The van der Waals surface area contributed by atoms with Crippen LogP contribution in [0.5, 0.6) is 0 Å². The highest BCUT2D eigenvalue weighted by Crippen LogP contribution is 2.26. The van der Waals surface area contributed by atoms with Crippen LogP contribution in [0.2, 0.25) is 0 Å². The summed E-state index contributed by atoms with van der Waals surface area (Å²) in [7, 11) is 0. The number of unbranched alkanes of at least 4 members (excludes halogenated alkanes) is 4. The van der Waals surface area contributed by atoms with Gasteiger partial charge in [-0.2, -0.15) is 0 Å². The highest BCUT2D eigenvalue weighted by Gasteiger charge is 2.35. The van der Waals surface area contributed by atoms with E-state index in [9.17, 15) is 14.4 Å². The molecule has 6 nitrogen and oxygen atoms in total. The number of amides is 2. The highest BCUT2D eigenvalue weighted by atomic mass is 79.9. The van der Waals surface area contributed by atoms with Crippen molar-refractivity contribution in [1.29, 1.82) is 0 Å². The SMILES string of the molecule is CCCCCCCOC(=O)c1ccc(NCN2C(=O)c3ccc(Br)cc3C2=O)cc1. The molecule has 0 bridgehead atoms. The van der Waals surface area contributed by atoms with Gasteiger partial charge in [-0.3, -0.25) is 14.5 Å². The molecule has 158 valence electrons. The molecule has 2 aromatic carbocycles.